The normalized spacial score (nSPS) is 26.9. The first kappa shape index (κ1) is 9.89. The highest BCUT2D eigenvalue weighted by Gasteiger charge is 2.30. The van der Waals surface area contributed by atoms with Crippen LogP contribution in [0.3, 0.4) is 0 Å². The lowest BCUT2D eigenvalue weighted by Crippen LogP contribution is -2.36. The van der Waals surface area contributed by atoms with E-state index >= 15 is 0 Å². The molecule has 0 radical (unpaired) electrons. The summed E-state index contributed by atoms with van der Waals surface area (Å²) in [7, 11) is 1.77. The second kappa shape index (κ2) is 3.84. The summed E-state index contributed by atoms with van der Waals surface area (Å²) in [6.07, 6.45) is 3.11. The third-order valence-electron chi connectivity index (χ3n) is 2.85. The van der Waals surface area contributed by atoms with Gasteiger partial charge in [0.2, 0.25) is 0 Å². The highest BCUT2D eigenvalue weighted by atomic mass is 15.3. The van der Waals surface area contributed by atoms with Crippen LogP contribution in [0.1, 0.15) is 13.3 Å². The van der Waals surface area contributed by atoms with Crippen LogP contribution >= 0.6 is 0 Å². The largest absolute Gasteiger partial charge is 0.385 e. The van der Waals surface area contributed by atoms with E-state index in [0.717, 1.165) is 24.4 Å². The third-order valence-corrected chi connectivity index (χ3v) is 2.85. The van der Waals surface area contributed by atoms with Gasteiger partial charge in [0, 0.05) is 25.7 Å². The summed E-state index contributed by atoms with van der Waals surface area (Å²) >= 11 is 0. The molecule has 0 unspecified atom stereocenters. The van der Waals surface area contributed by atoms with Crippen molar-refractivity contribution in [1.29, 1.82) is 0 Å². The molecule has 0 saturated heterocycles. The molecule has 5 heteroatoms. The van der Waals surface area contributed by atoms with Gasteiger partial charge in [0.25, 0.3) is 0 Å². The maximum atomic E-state index is 5.94. The summed E-state index contributed by atoms with van der Waals surface area (Å²) < 4.78 is 0. The van der Waals surface area contributed by atoms with Crippen LogP contribution in [0, 0.1) is 5.92 Å². The van der Waals surface area contributed by atoms with Crippen molar-refractivity contribution in [2.24, 2.45) is 16.8 Å². The Labute approximate surface area is 89.5 Å². The van der Waals surface area contributed by atoms with Gasteiger partial charge in [-0.15, -0.1) is 0 Å². The van der Waals surface area contributed by atoms with Gasteiger partial charge in [-0.2, -0.15) is 5.10 Å². The molecule has 0 aliphatic carbocycles. The minimum atomic E-state index is 0.518. The molecule has 0 saturated carbocycles. The monoisotopic (exact) mass is 207 g/mol. The average Bonchev–Trinajstić information content (AvgIpc) is 2.64. The molecule has 2 heterocycles. The molecule has 15 heavy (non-hydrogen) atoms. The van der Waals surface area contributed by atoms with Crippen LogP contribution in [-0.4, -0.2) is 19.4 Å². The smallest absolute Gasteiger partial charge is 0.161 e. The number of nitrogens with two attached hydrogens (primary N) is 1. The van der Waals surface area contributed by atoms with Crippen molar-refractivity contribution >= 4 is 5.84 Å². The number of amidine groups is 1. The SMILES string of the molecule is CC[C@@H]1CNC(N)=C2C1=CNC2=NNC. The Morgan fingerprint density at radius 1 is 1.67 bits per heavy atom. The number of nitrogens with one attached hydrogen (secondary N) is 3. The van der Waals surface area contributed by atoms with Crippen LogP contribution in [-0.2, 0) is 0 Å². The van der Waals surface area contributed by atoms with E-state index in [1.165, 1.54) is 5.57 Å². The molecular formula is C10H17N5. The van der Waals surface area contributed by atoms with Crippen LogP contribution in [0.25, 0.3) is 0 Å². The summed E-state index contributed by atoms with van der Waals surface area (Å²) in [5.41, 5.74) is 11.0. The lowest BCUT2D eigenvalue weighted by atomic mass is 9.89. The molecule has 0 aromatic heterocycles. The van der Waals surface area contributed by atoms with Crippen LogP contribution in [0.5, 0.6) is 0 Å². The van der Waals surface area contributed by atoms with Gasteiger partial charge in [-0.1, -0.05) is 6.92 Å². The molecule has 5 nitrogen and oxygen atoms in total. The number of hydrazone groups is 1. The first-order valence-electron chi connectivity index (χ1n) is 5.23. The molecule has 2 rings (SSSR count). The molecule has 0 fully saturated rings. The van der Waals surface area contributed by atoms with Gasteiger partial charge in [-0.3, -0.25) is 0 Å². The summed E-state index contributed by atoms with van der Waals surface area (Å²) in [4.78, 5) is 0. The van der Waals surface area contributed by atoms with Crippen molar-refractivity contribution in [2.75, 3.05) is 13.6 Å². The fourth-order valence-electron chi connectivity index (χ4n) is 2.03. The first-order valence-corrected chi connectivity index (χ1v) is 5.23. The van der Waals surface area contributed by atoms with Crippen molar-refractivity contribution in [3.05, 3.63) is 23.2 Å². The number of hydrogen-bond donors (Lipinski definition) is 4. The third kappa shape index (κ3) is 1.54. The van der Waals surface area contributed by atoms with Crippen molar-refractivity contribution < 1.29 is 0 Å². The van der Waals surface area contributed by atoms with Gasteiger partial charge in [0.1, 0.15) is 5.82 Å². The van der Waals surface area contributed by atoms with Crippen molar-refractivity contribution in [2.45, 2.75) is 13.3 Å². The highest BCUT2D eigenvalue weighted by Crippen LogP contribution is 2.30. The second-order valence-electron chi connectivity index (χ2n) is 3.70. The maximum absolute atomic E-state index is 5.94. The van der Waals surface area contributed by atoms with E-state index in [4.69, 9.17) is 5.73 Å². The van der Waals surface area contributed by atoms with Gasteiger partial charge in [0.15, 0.2) is 5.84 Å². The first-order chi connectivity index (χ1) is 7.27. The molecule has 82 valence electrons. The second-order valence-corrected chi connectivity index (χ2v) is 3.70. The maximum Gasteiger partial charge on any atom is 0.161 e. The Morgan fingerprint density at radius 3 is 3.13 bits per heavy atom. The number of rotatable bonds is 2. The molecule has 0 spiro atoms. The zero-order valence-corrected chi connectivity index (χ0v) is 9.09. The fraction of sp³-hybridized carbons (Fsp3) is 0.500. The average molecular weight is 207 g/mol. The summed E-state index contributed by atoms with van der Waals surface area (Å²) in [5, 5.41) is 10.5. The Morgan fingerprint density at radius 2 is 2.47 bits per heavy atom. The van der Waals surface area contributed by atoms with Crippen molar-refractivity contribution in [1.82, 2.24) is 16.1 Å². The van der Waals surface area contributed by atoms with E-state index in [2.05, 4.69) is 28.1 Å². The fourth-order valence-corrected chi connectivity index (χ4v) is 2.03. The highest BCUT2D eigenvalue weighted by molar-refractivity contribution is 6.06. The number of hydrogen-bond acceptors (Lipinski definition) is 4. The Balaban J connectivity index is 2.36. The molecule has 0 aromatic carbocycles. The van der Waals surface area contributed by atoms with Gasteiger partial charge < -0.3 is 21.8 Å². The standard InChI is InChI=1S/C10H17N5/c1-3-6-4-13-9(11)8-7(6)5-14-10(8)15-12-2/h5-6,12-13H,3-4,11H2,1-2H3,(H,14,15)/t6-/m1/s1. The Hall–Kier alpha value is -1.65. The molecule has 2 aliphatic rings. The van der Waals surface area contributed by atoms with E-state index in [1.807, 2.05) is 6.20 Å². The molecule has 1 atom stereocenters. The summed E-state index contributed by atoms with van der Waals surface area (Å²) in [5.74, 6) is 2.03. The summed E-state index contributed by atoms with van der Waals surface area (Å²) in [6.45, 7) is 3.09. The minimum absolute atomic E-state index is 0.518. The van der Waals surface area contributed by atoms with Crippen molar-refractivity contribution in [3.8, 4) is 0 Å². The minimum Gasteiger partial charge on any atom is -0.385 e. The van der Waals surface area contributed by atoms with E-state index in [9.17, 15) is 0 Å². The van der Waals surface area contributed by atoms with Crippen LogP contribution in [0.2, 0.25) is 0 Å². The van der Waals surface area contributed by atoms with Crippen LogP contribution < -0.4 is 21.8 Å². The zero-order chi connectivity index (χ0) is 10.8. The van der Waals surface area contributed by atoms with Crippen LogP contribution in [0.15, 0.2) is 28.3 Å². The van der Waals surface area contributed by atoms with Gasteiger partial charge in [0.05, 0.1) is 5.57 Å². The molecular weight excluding hydrogens is 190 g/mol. The van der Waals surface area contributed by atoms with E-state index in [-0.39, 0.29) is 0 Å². The van der Waals surface area contributed by atoms with Gasteiger partial charge in [-0.25, -0.2) is 0 Å². The Kier molecular flexibility index (Phi) is 2.53. The lowest BCUT2D eigenvalue weighted by Gasteiger charge is -2.25. The quantitative estimate of drug-likeness (QED) is 0.473. The van der Waals surface area contributed by atoms with Crippen LogP contribution in [0.4, 0.5) is 0 Å². The predicted octanol–water partition coefficient (Wildman–Crippen LogP) is -0.194. The molecule has 0 amide bonds. The molecule has 2 aliphatic heterocycles. The van der Waals surface area contributed by atoms with E-state index < -0.39 is 0 Å². The lowest BCUT2D eigenvalue weighted by molar-refractivity contribution is 0.538. The van der Waals surface area contributed by atoms with E-state index in [1.54, 1.807) is 7.05 Å². The Bertz CT molecular complexity index is 353. The zero-order valence-electron chi connectivity index (χ0n) is 9.09. The van der Waals surface area contributed by atoms with Gasteiger partial charge in [-0.05, 0) is 12.0 Å². The number of nitrogens with zero attached hydrogens (tertiary/aromatic N) is 1. The molecule has 0 aromatic rings. The van der Waals surface area contributed by atoms with Gasteiger partial charge >= 0.3 is 0 Å². The number of fused-ring (bicyclic) bond motifs is 1. The molecule has 5 N–H and O–H groups in total. The predicted molar refractivity (Wildman–Crippen MR) is 60.7 cm³/mol. The molecule has 0 bridgehead atoms. The van der Waals surface area contributed by atoms with E-state index in [0.29, 0.717) is 11.7 Å². The topological polar surface area (TPSA) is 74.5 Å². The van der Waals surface area contributed by atoms with Crippen molar-refractivity contribution in [3.63, 3.8) is 0 Å². The summed E-state index contributed by atoms with van der Waals surface area (Å²) in [6, 6.07) is 0.